The molecule has 2 aromatic carbocycles. The summed E-state index contributed by atoms with van der Waals surface area (Å²) in [7, 11) is 0. The molecule has 0 radical (unpaired) electrons. The number of aryl methyl sites for hydroxylation is 2. The number of thiophene rings is 1. The summed E-state index contributed by atoms with van der Waals surface area (Å²) in [5, 5.41) is 1.39. The van der Waals surface area contributed by atoms with Gasteiger partial charge in [0, 0.05) is 33.1 Å². The molecule has 3 heterocycles. The van der Waals surface area contributed by atoms with Crippen LogP contribution in [-0.2, 0) is 17.3 Å². The Balaban J connectivity index is 1.38. The third-order valence-corrected chi connectivity index (χ3v) is 16.9. The summed E-state index contributed by atoms with van der Waals surface area (Å²) in [6.07, 6.45) is 29.8. The van der Waals surface area contributed by atoms with Crippen molar-refractivity contribution in [2.75, 3.05) is 9.80 Å². The standard InChI is InChI=1S/C56H69BN2S/c1-16-43-45(31-38-33-53(8,9)23-24-54(38,10)11)59(44-32-42-41(30-36(44)4)55(12,13)25-26-56(42,14)15)47-29-35(3)28-46-50(47)57(43)49-40-27-34(2)17-22-48(40)60-51(49)58(46)39-20-18-37(19-21-39)52(5,6)7/h1,17-20,22,28-32,34,39H,21,23-27,33H2,2-15H3/b38-31+. The van der Waals surface area contributed by atoms with Gasteiger partial charge in [0.15, 0.2) is 0 Å². The molecule has 1 saturated carbocycles. The first-order valence-corrected chi connectivity index (χ1v) is 23.9. The van der Waals surface area contributed by atoms with E-state index in [1.165, 1.54) is 108 Å². The van der Waals surface area contributed by atoms with E-state index in [9.17, 15) is 0 Å². The first-order valence-electron chi connectivity index (χ1n) is 23.1. The van der Waals surface area contributed by atoms with E-state index in [4.69, 9.17) is 6.42 Å². The fourth-order valence-electron chi connectivity index (χ4n) is 11.6. The van der Waals surface area contributed by atoms with Gasteiger partial charge in [0.2, 0.25) is 0 Å². The molecule has 0 spiro atoms. The van der Waals surface area contributed by atoms with E-state index in [2.05, 4.69) is 173 Å². The maximum absolute atomic E-state index is 7.07. The summed E-state index contributed by atoms with van der Waals surface area (Å²) in [5.74, 6) is 4.00. The Morgan fingerprint density at radius 1 is 0.817 bits per heavy atom. The molecule has 6 aliphatic rings. The molecule has 2 aliphatic heterocycles. The molecule has 0 bridgehead atoms. The van der Waals surface area contributed by atoms with Gasteiger partial charge in [0.1, 0.15) is 0 Å². The van der Waals surface area contributed by atoms with Gasteiger partial charge in [-0.05, 0) is 166 Å². The molecule has 1 fully saturated rings. The zero-order chi connectivity index (χ0) is 43.1. The second-order valence-corrected chi connectivity index (χ2v) is 24.5. The van der Waals surface area contributed by atoms with Crippen LogP contribution >= 0.6 is 11.3 Å². The number of fused-ring (bicyclic) bond motifs is 5. The number of hydrogen-bond donors (Lipinski definition) is 0. The van der Waals surface area contributed by atoms with Crippen molar-refractivity contribution in [3.63, 3.8) is 0 Å². The van der Waals surface area contributed by atoms with Crippen LogP contribution in [0, 0.1) is 48.4 Å². The van der Waals surface area contributed by atoms with Crippen LogP contribution in [0.1, 0.15) is 154 Å². The largest absolute Gasteiger partial charge is 0.327 e. The SMILES string of the molecule is C#CC1=C(/C=C2\CC(C)(C)CCC2(C)C)N(c2cc3c(cc2C)C(C)(C)CCC3(C)C)c2cc(C)cc3c2B1c1c(sc2c1CC(C)C=C2)N3C1C=CC(C(C)(C)C)=CC1. The Kier molecular flexibility index (Phi) is 9.51. The summed E-state index contributed by atoms with van der Waals surface area (Å²) < 4.78 is 0. The van der Waals surface area contributed by atoms with Gasteiger partial charge in [-0.25, -0.2) is 0 Å². The smallest absolute Gasteiger partial charge is 0.264 e. The first-order chi connectivity index (χ1) is 28.0. The fourth-order valence-corrected chi connectivity index (χ4v) is 12.9. The van der Waals surface area contributed by atoms with Crippen LogP contribution in [0.5, 0.6) is 0 Å². The second kappa shape index (κ2) is 13.8. The van der Waals surface area contributed by atoms with Crippen molar-refractivity contribution >= 4 is 57.1 Å². The molecule has 0 amide bonds. The molecule has 4 heteroatoms. The van der Waals surface area contributed by atoms with Crippen molar-refractivity contribution in [2.24, 2.45) is 22.2 Å². The average molecular weight is 813 g/mol. The minimum absolute atomic E-state index is 0.0186. The lowest BCUT2D eigenvalue weighted by Gasteiger charge is -2.47. The molecular weight excluding hydrogens is 744 g/mol. The van der Waals surface area contributed by atoms with Crippen molar-refractivity contribution in [3.05, 3.63) is 110 Å². The highest BCUT2D eigenvalue weighted by Crippen LogP contribution is 2.54. The van der Waals surface area contributed by atoms with Gasteiger partial charge >= 0.3 is 0 Å². The Morgan fingerprint density at radius 3 is 2.13 bits per heavy atom. The van der Waals surface area contributed by atoms with Crippen molar-refractivity contribution in [3.8, 4) is 12.3 Å². The monoisotopic (exact) mass is 813 g/mol. The third kappa shape index (κ3) is 6.58. The van der Waals surface area contributed by atoms with E-state index in [1.54, 1.807) is 0 Å². The van der Waals surface area contributed by atoms with Crippen LogP contribution in [0.3, 0.4) is 0 Å². The number of nitrogens with zero attached hydrogens (tertiary/aromatic N) is 2. The zero-order valence-corrected chi connectivity index (χ0v) is 40.2. The van der Waals surface area contributed by atoms with Gasteiger partial charge in [-0.15, -0.1) is 17.8 Å². The molecule has 312 valence electrons. The average Bonchev–Trinajstić information content (AvgIpc) is 3.53. The zero-order valence-electron chi connectivity index (χ0n) is 39.3. The highest BCUT2D eigenvalue weighted by Gasteiger charge is 2.49. The van der Waals surface area contributed by atoms with Crippen LogP contribution in [0.25, 0.3) is 6.08 Å². The van der Waals surface area contributed by atoms with Crippen LogP contribution in [0.4, 0.5) is 22.1 Å². The third-order valence-electron chi connectivity index (χ3n) is 15.7. The van der Waals surface area contributed by atoms with Gasteiger partial charge < -0.3 is 9.80 Å². The van der Waals surface area contributed by atoms with Crippen LogP contribution in [0.2, 0.25) is 0 Å². The van der Waals surface area contributed by atoms with E-state index < -0.39 is 0 Å². The second-order valence-electron chi connectivity index (χ2n) is 23.4. The number of benzene rings is 2. The predicted molar refractivity (Wildman–Crippen MR) is 264 cm³/mol. The van der Waals surface area contributed by atoms with E-state index in [-0.39, 0.29) is 39.8 Å². The highest BCUT2D eigenvalue weighted by molar-refractivity contribution is 7.20. The summed E-state index contributed by atoms with van der Waals surface area (Å²) in [6, 6.07) is 10.3. The summed E-state index contributed by atoms with van der Waals surface area (Å²) >= 11 is 1.99. The maximum Gasteiger partial charge on any atom is 0.264 e. The summed E-state index contributed by atoms with van der Waals surface area (Å²) in [4.78, 5) is 6.80. The highest BCUT2D eigenvalue weighted by atomic mass is 32.1. The van der Waals surface area contributed by atoms with E-state index >= 15 is 0 Å². The Labute approximate surface area is 368 Å². The van der Waals surface area contributed by atoms with Crippen LogP contribution in [-0.4, -0.2) is 12.8 Å². The van der Waals surface area contributed by atoms with Gasteiger partial charge in [-0.2, -0.15) is 0 Å². The number of rotatable bonds is 3. The summed E-state index contributed by atoms with van der Waals surface area (Å²) in [5.41, 5.74) is 19.7. The molecule has 2 nitrogen and oxygen atoms in total. The lowest BCUT2D eigenvalue weighted by atomic mass is 9.32. The number of terminal acetylenes is 1. The van der Waals surface area contributed by atoms with Gasteiger partial charge in [0.25, 0.3) is 6.71 Å². The molecular formula is C56H69BN2S. The van der Waals surface area contributed by atoms with Crippen molar-refractivity contribution in [2.45, 2.75) is 159 Å². The predicted octanol–water partition coefficient (Wildman–Crippen LogP) is 14.0. The number of allylic oxidation sites excluding steroid dienone is 6. The maximum atomic E-state index is 7.07. The molecule has 60 heavy (non-hydrogen) atoms. The van der Waals surface area contributed by atoms with Crippen molar-refractivity contribution in [1.29, 1.82) is 0 Å². The van der Waals surface area contributed by atoms with Gasteiger partial charge in [0.05, 0.1) is 11.0 Å². The minimum atomic E-state index is -0.0186. The molecule has 2 atom stereocenters. The van der Waals surface area contributed by atoms with Gasteiger partial charge in [-0.3, -0.25) is 0 Å². The van der Waals surface area contributed by atoms with E-state index in [1.807, 2.05) is 11.3 Å². The Hall–Kier alpha value is -3.94. The fraction of sp³-hybridized carbons (Fsp3) is 0.500. The molecule has 1 aromatic heterocycles. The lowest BCUT2D eigenvalue weighted by Crippen LogP contribution is -2.58. The molecule has 0 saturated heterocycles. The Bertz CT molecular complexity index is 2530. The summed E-state index contributed by atoms with van der Waals surface area (Å²) in [6.45, 7) is 33.7. The Morgan fingerprint density at radius 2 is 1.48 bits per heavy atom. The quantitative estimate of drug-likeness (QED) is 0.192. The first kappa shape index (κ1) is 41.4. The normalized spacial score (nSPS) is 25.1. The van der Waals surface area contributed by atoms with Crippen LogP contribution in [0.15, 0.2) is 77.0 Å². The molecule has 3 aromatic rings. The van der Waals surface area contributed by atoms with Gasteiger partial charge in [-0.1, -0.05) is 125 Å². The minimum Gasteiger partial charge on any atom is -0.327 e. The van der Waals surface area contributed by atoms with E-state index in [0.29, 0.717) is 5.92 Å². The van der Waals surface area contributed by atoms with E-state index in [0.717, 1.165) is 24.7 Å². The van der Waals surface area contributed by atoms with Crippen molar-refractivity contribution < 1.29 is 0 Å². The topological polar surface area (TPSA) is 6.48 Å². The van der Waals surface area contributed by atoms with Crippen molar-refractivity contribution in [1.82, 2.24) is 0 Å². The molecule has 9 rings (SSSR count). The number of hydrogen-bond acceptors (Lipinski definition) is 3. The molecule has 4 aliphatic carbocycles. The van der Waals surface area contributed by atoms with Crippen LogP contribution < -0.4 is 20.7 Å². The lowest BCUT2D eigenvalue weighted by molar-refractivity contribution is 0.199. The molecule has 0 N–H and O–H groups in total. The molecule has 2 unspecified atom stereocenters. The number of anilines is 4.